The fourth-order valence-electron chi connectivity index (χ4n) is 4.65. The van der Waals surface area contributed by atoms with Crippen LogP contribution in [0.25, 0.3) is 5.57 Å². The fourth-order valence-corrected chi connectivity index (χ4v) is 4.89. The third kappa shape index (κ3) is 6.82. The first-order valence-corrected chi connectivity index (χ1v) is 14.0. The highest BCUT2D eigenvalue weighted by molar-refractivity contribution is 6.34. The Kier molecular flexibility index (Phi) is 8.68. The van der Waals surface area contributed by atoms with Gasteiger partial charge in [-0.2, -0.15) is 5.10 Å². The Hall–Kier alpha value is -5.22. The Morgan fingerprint density at radius 1 is 1.02 bits per heavy atom. The lowest BCUT2D eigenvalue weighted by Crippen LogP contribution is -2.14. The number of hydrogen-bond donors (Lipinski definition) is 4. The molecule has 0 atom stereocenters. The molecule has 0 bridgehead atoms. The van der Waals surface area contributed by atoms with E-state index in [1.165, 1.54) is 0 Å². The number of aliphatic carboxylic acids is 1. The van der Waals surface area contributed by atoms with Gasteiger partial charge in [-0.25, -0.2) is 0 Å². The molecule has 43 heavy (non-hydrogen) atoms. The van der Waals surface area contributed by atoms with Crippen molar-refractivity contribution in [1.82, 2.24) is 9.78 Å². The molecule has 4 aromatic rings. The molecule has 2 heterocycles. The van der Waals surface area contributed by atoms with Gasteiger partial charge < -0.3 is 21.1 Å². The quantitative estimate of drug-likeness (QED) is 0.125. The van der Waals surface area contributed by atoms with Crippen LogP contribution in [0.1, 0.15) is 57.3 Å². The Labute approximate surface area is 252 Å². The maximum Gasteiger partial charge on any atom is 0.303 e. The molecule has 0 aliphatic carbocycles. The Morgan fingerprint density at radius 3 is 2.51 bits per heavy atom. The number of carboxylic acid groups (broad SMARTS) is 1. The Balaban J connectivity index is 1.26. The van der Waals surface area contributed by atoms with Gasteiger partial charge in [-0.3, -0.25) is 23.9 Å². The summed E-state index contributed by atoms with van der Waals surface area (Å²) in [4.78, 5) is 49.5. The topological polar surface area (TPSA) is 142 Å². The Bertz CT molecular complexity index is 1760. The number of anilines is 3. The Morgan fingerprint density at radius 2 is 1.79 bits per heavy atom. The summed E-state index contributed by atoms with van der Waals surface area (Å²) >= 11 is 6.14. The van der Waals surface area contributed by atoms with Crippen LogP contribution < -0.4 is 16.0 Å². The molecule has 218 valence electrons. The van der Waals surface area contributed by atoms with E-state index in [1.54, 1.807) is 59.5 Å². The molecule has 0 radical (unpaired) electrons. The van der Waals surface area contributed by atoms with Crippen LogP contribution in [0.3, 0.4) is 0 Å². The number of ketones is 1. The van der Waals surface area contributed by atoms with Gasteiger partial charge in [0.15, 0.2) is 11.5 Å². The number of carboxylic acids is 1. The van der Waals surface area contributed by atoms with E-state index >= 15 is 0 Å². The average molecular weight is 598 g/mol. The van der Waals surface area contributed by atoms with Crippen molar-refractivity contribution in [3.63, 3.8) is 0 Å². The predicted octanol–water partition coefficient (Wildman–Crippen LogP) is 5.85. The third-order valence-corrected chi connectivity index (χ3v) is 7.17. The number of benzene rings is 3. The summed E-state index contributed by atoms with van der Waals surface area (Å²) in [5, 5.41) is 21.9. The van der Waals surface area contributed by atoms with E-state index in [0.29, 0.717) is 53.0 Å². The van der Waals surface area contributed by atoms with Crippen LogP contribution in [-0.2, 0) is 22.6 Å². The van der Waals surface area contributed by atoms with Crippen LogP contribution >= 0.6 is 11.6 Å². The molecule has 4 N–H and O–H groups in total. The van der Waals surface area contributed by atoms with Gasteiger partial charge in [-0.1, -0.05) is 48.0 Å². The minimum atomic E-state index is -0.811. The fraction of sp³-hybridized carbons (Fsp3) is 0.156. The van der Waals surface area contributed by atoms with Gasteiger partial charge >= 0.3 is 5.97 Å². The third-order valence-electron chi connectivity index (χ3n) is 6.90. The van der Waals surface area contributed by atoms with Crippen molar-refractivity contribution in [2.45, 2.75) is 32.7 Å². The van der Waals surface area contributed by atoms with Gasteiger partial charge in [0.1, 0.15) is 0 Å². The second-order valence-corrected chi connectivity index (χ2v) is 10.3. The van der Waals surface area contributed by atoms with Crippen LogP contribution in [0.5, 0.6) is 0 Å². The molecule has 11 heteroatoms. The molecule has 0 saturated carbocycles. The largest absolute Gasteiger partial charge is 0.481 e. The van der Waals surface area contributed by atoms with E-state index in [4.69, 9.17) is 16.7 Å². The van der Waals surface area contributed by atoms with Gasteiger partial charge in [0.05, 0.1) is 10.6 Å². The van der Waals surface area contributed by atoms with Gasteiger partial charge in [0.2, 0.25) is 0 Å². The molecule has 1 aromatic heterocycles. The number of amides is 2. The summed E-state index contributed by atoms with van der Waals surface area (Å²) in [7, 11) is 0. The molecule has 0 fully saturated rings. The first-order chi connectivity index (χ1) is 20.7. The number of aromatic nitrogens is 2. The summed E-state index contributed by atoms with van der Waals surface area (Å²) in [6, 6.07) is 19.1. The summed E-state index contributed by atoms with van der Waals surface area (Å²) in [5.41, 5.74) is 4.64. The summed E-state index contributed by atoms with van der Waals surface area (Å²) in [6.07, 6.45) is 4.55. The minimum absolute atomic E-state index is 0.0953. The molecule has 0 saturated heterocycles. The van der Waals surface area contributed by atoms with Gasteiger partial charge in [-0.05, 0) is 55.7 Å². The minimum Gasteiger partial charge on any atom is -0.481 e. The second kappa shape index (κ2) is 12.7. The van der Waals surface area contributed by atoms with Crippen molar-refractivity contribution in [3.05, 3.63) is 112 Å². The van der Waals surface area contributed by atoms with Crippen LogP contribution in [0.15, 0.2) is 79.1 Å². The molecule has 2 amide bonds. The maximum atomic E-state index is 13.3. The van der Waals surface area contributed by atoms with E-state index in [2.05, 4.69) is 21.0 Å². The molecule has 1 aliphatic heterocycles. The first-order valence-electron chi connectivity index (χ1n) is 13.6. The number of rotatable bonds is 11. The molecule has 0 unspecified atom stereocenters. The smallest absolute Gasteiger partial charge is 0.303 e. The second-order valence-electron chi connectivity index (χ2n) is 9.91. The molecular weight excluding hydrogens is 570 g/mol. The van der Waals surface area contributed by atoms with Gasteiger partial charge in [-0.15, -0.1) is 0 Å². The maximum absolute atomic E-state index is 13.3. The average Bonchev–Trinajstić information content (AvgIpc) is 3.54. The van der Waals surface area contributed by atoms with E-state index in [-0.39, 0.29) is 28.8 Å². The van der Waals surface area contributed by atoms with Crippen molar-refractivity contribution in [2.24, 2.45) is 0 Å². The lowest BCUT2D eigenvalue weighted by molar-refractivity contribution is -0.137. The molecule has 0 spiro atoms. The number of fused-ring (bicyclic) bond motifs is 1. The van der Waals surface area contributed by atoms with Crippen LogP contribution in [0.4, 0.5) is 17.1 Å². The summed E-state index contributed by atoms with van der Waals surface area (Å²) in [5.74, 6) is -1.87. The van der Waals surface area contributed by atoms with Crippen molar-refractivity contribution < 1.29 is 24.3 Å². The van der Waals surface area contributed by atoms with Crippen molar-refractivity contribution in [3.8, 4) is 0 Å². The lowest BCUT2D eigenvalue weighted by atomic mass is 9.99. The highest BCUT2D eigenvalue weighted by Gasteiger charge is 2.25. The molecular formula is C32H28ClN5O5. The number of carbonyl (C=O) groups excluding carboxylic acids is 3. The number of halogens is 1. The zero-order chi connectivity index (χ0) is 30.5. The van der Waals surface area contributed by atoms with Crippen molar-refractivity contribution >= 4 is 57.8 Å². The number of carbonyl (C=O) groups is 4. The first kappa shape index (κ1) is 29.3. The molecule has 10 nitrogen and oxygen atoms in total. The summed E-state index contributed by atoms with van der Waals surface area (Å²) < 4.78 is 1.56. The highest BCUT2D eigenvalue weighted by atomic mass is 35.5. The van der Waals surface area contributed by atoms with E-state index in [1.807, 2.05) is 31.2 Å². The molecule has 1 aliphatic rings. The molecule has 3 aromatic carbocycles. The number of hydrogen-bond acceptors (Lipinski definition) is 6. The summed E-state index contributed by atoms with van der Waals surface area (Å²) in [6.45, 7) is 2.45. The monoisotopic (exact) mass is 597 g/mol. The number of nitrogens with zero attached hydrogens (tertiary/aromatic N) is 2. The van der Waals surface area contributed by atoms with Crippen molar-refractivity contribution in [2.75, 3.05) is 16.0 Å². The van der Waals surface area contributed by atoms with E-state index < -0.39 is 11.9 Å². The number of aryl methyl sites for hydroxylation is 2. The lowest BCUT2D eigenvalue weighted by Gasteiger charge is -2.08. The normalized spacial score (nSPS) is 13.0. The van der Waals surface area contributed by atoms with Crippen LogP contribution in [-0.4, -0.2) is 38.5 Å². The van der Waals surface area contributed by atoms with E-state index in [0.717, 1.165) is 11.3 Å². The van der Waals surface area contributed by atoms with Crippen LogP contribution in [0.2, 0.25) is 5.02 Å². The van der Waals surface area contributed by atoms with E-state index in [9.17, 15) is 19.2 Å². The zero-order valence-corrected chi connectivity index (χ0v) is 23.9. The molecule has 5 rings (SSSR count). The zero-order valence-electron chi connectivity index (χ0n) is 23.2. The van der Waals surface area contributed by atoms with Gasteiger partial charge in [0, 0.05) is 59.1 Å². The van der Waals surface area contributed by atoms with Crippen molar-refractivity contribution in [1.29, 1.82) is 0 Å². The highest BCUT2D eigenvalue weighted by Crippen LogP contribution is 2.33. The predicted molar refractivity (Wildman–Crippen MR) is 164 cm³/mol. The standard InChI is InChI=1S/C32H28ClN5O5/c1-2-38-18-26(33)29(37-38)32(43)35-23-7-4-6-20(15-23)30(41)21-11-14-24-25(31(42)36-27(24)16-21)17-34-22-12-9-19(10-13-22)5-3-8-28(39)40/h4,6-7,9-18,34H,2-3,5,8H2,1H3,(H,35,43)(H,36,42)(H,39,40)/b25-17-. The van der Waals surface area contributed by atoms with Gasteiger partial charge in [0.25, 0.3) is 11.8 Å². The number of nitrogens with one attached hydrogen (secondary N) is 3. The SMILES string of the molecule is CCn1cc(Cl)c(C(=O)Nc2cccc(C(=O)c3ccc4c(c3)NC(=O)/C4=C\Nc3ccc(CCCC(=O)O)cc3)c2)n1. The van der Waals surface area contributed by atoms with Crippen LogP contribution in [0, 0.1) is 0 Å².